The maximum atomic E-state index is 12.8. The van der Waals surface area contributed by atoms with Crippen LogP contribution in [0.3, 0.4) is 0 Å². The van der Waals surface area contributed by atoms with E-state index in [1.165, 1.54) is 32.1 Å². The van der Waals surface area contributed by atoms with Crippen molar-refractivity contribution in [3.63, 3.8) is 0 Å². The number of benzene rings is 1. The molecule has 1 amide bonds. The fourth-order valence-corrected chi connectivity index (χ4v) is 5.28. The van der Waals surface area contributed by atoms with Crippen LogP contribution in [0.4, 0.5) is 5.82 Å². The molecule has 4 rings (SSSR count). The number of hydrogen-bond donors (Lipinski definition) is 2. The maximum Gasteiger partial charge on any atom is 0.248 e. The van der Waals surface area contributed by atoms with E-state index < -0.39 is 5.41 Å². The molecule has 2 saturated carbocycles. The Morgan fingerprint density at radius 3 is 2.30 bits per heavy atom. The lowest BCUT2D eigenvalue weighted by atomic mass is 9.82. The Kier molecular flexibility index (Phi) is 6.28. The van der Waals surface area contributed by atoms with Crippen LogP contribution in [0.1, 0.15) is 75.8 Å². The van der Waals surface area contributed by atoms with Crippen LogP contribution in [0.15, 0.2) is 36.4 Å². The maximum absolute atomic E-state index is 12.8. The topological polar surface area (TPSA) is 66.9 Å². The zero-order valence-electron chi connectivity index (χ0n) is 17.8. The van der Waals surface area contributed by atoms with Gasteiger partial charge < -0.3 is 0 Å². The normalized spacial score (nSPS) is 24.0. The van der Waals surface area contributed by atoms with Crippen molar-refractivity contribution in [1.82, 2.24) is 15.6 Å². The second-order valence-corrected chi connectivity index (χ2v) is 9.80. The number of carbonyl (C=O) groups excluding carboxylic acids is 1. The minimum absolute atomic E-state index is 0.130. The number of nitrogens with one attached hydrogen (secondary N) is 2. The van der Waals surface area contributed by atoms with Gasteiger partial charge in [-0.15, -0.1) is 10.2 Å². The molecular weight excluding hydrogens is 396 g/mol. The van der Waals surface area contributed by atoms with Crippen LogP contribution in [-0.2, 0) is 10.2 Å². The van der Waals surface area contributed by atoms with Gasteiger partial charge in [0.1, 0.15) is 0 Å². The SMILES string of the molecule is CC(C)(C(=O)NNc1cc(C2CCC3CCC(CC2)C3)c(Cl)nn1)c1ccccc1. The zero-order valence-corrected chi connectivity index (χ0v) is 18.6. The Morgan fingerprint density at radius 1 is 1.00 bits per heavy atom. The van der Waals surface area contributed by atoms with Gasteiger partial charge >= 0.3 is 0 Å². The number of hydrogen-bond acceptors (Lipinski definition) is 4. The number of halogens is 1. The van der Waals surface area contributed by atoms with Gasteiger partial charge in [0.05, 0.1) is 5.41 Å². The van der Waals surface area contributed by atoms with Crippen molar-refractivity contribution in [2.45, 2.75) is 70.1 Å². The number of anilines is 1. The smallest absolute Gasteiger partial charge is 0.248 e. The highest BCUT2D eigenvalue weighted by molar-refractivity contribution is 6.30. The summed E-state index contributed by atoms with van der Waals surface area (Å²) < 4.78 is 0. The molecule has 0 spiro atoms. The standard InChI is InChI=1S/C24H31ClN4O/c1-24(2,19-6-4-3-5-7-19)23(30)29-27-21-15-20(22(25)28-26-21)18-12-10-16-8-9-17(14-16)11-13-18/h3-7,15-18H,8-14H2,1-2H3,(H,26,27)(H,29,30). The monoisotopic (exact) mass is 426 g/mol. The van der Waals surface area contributed by atoms with Crippen LogP contribution in [0.2, 0.25) is 5.15 Å². The summed E-state index contributed by atoms with van der Waals surface area (Å²) >= 11 is 6.44. The highest BCUT2D eigenvalue weighted by Gasteiger charge is 2.31. The molecule has 1 heterocycles. The average molecular weight is 427 g/mol. The number of amides is 1. The van der Waals surface area contributed by atoms with Crippen molar-refractivity contribution < 1.29 is 4.79 Å². The largest absolute Gasteiger partial charge is 0.280 e. The first-order valence-electron chi connectivity index (χ1n) is 11.1. The molecule has 0 aliphatic heterocycles. The molecule has 30 heavy (non-hydrogen) atoms. The summed E-state index contributed by atoms with van der Waals surface area (Å²) in [5.74, 6) is 2.56. The van der Waals surface area contributed by atoms with Crippen LogP contribution >= 0.6 is 11.6 Å². The van der Waals surface area contributed by atoms with Crippen LogP contribution < -0.4 is 10.9 Å². The quantitative estimate of drug-likeness (QED) is 0.608. The Bertz CT molecular complexity index is 872. The van der Waals surface area contributed by atoms with Gasteiger partial charge in [-0.25, -0.2) is 0 Å². The fourth-order valence-electron chi connectivity index (χ4n) is 5.03. The van der Waals surface area contributed by atoms with E-state index in [-0.39, 0.29) is 5.91 Å². The molecule has 2 unspecified atom stereocenters. The molecular formula is C24H31ClN4O. The molecule has 2 bridgehead atoms. The first kappa shape index (κ1) is 21.1. The number of carbonyl (C=O) groups is 1. The van der Waals surface area contributed by atoms with Crippen LogP contribution in [-0.4, -0.2) is 16.1 Å². The molecule has 2 aromatic rings. The number of rotatable bonds is 5. The van der Waals surface area contributed by atoms with E-state index in [2.05, 4.69) is 21.0 Å². The third-order valence-corrected chi connectivity index (χ3v) is 7.37. The van der Waals surface area contributed by atoms with Gasteiger partial charge in [-0.1, -0.05) is 54.8 Å². The second-order valence-electron chi connectivity index (χ2n) is 9.44. The van der Waals surface area contributed by atoms with E-state index in [1.807, 2.05) is 50.2 Å². The zero-order chi connectivity index (χ0) is 21.1. The predicted molar refractivity (Wildman–Crippen MR) is 120 cm³/mol. The third kappa shape index (κ3) is 4.61. The van der Waals surface area contributed by atoms with Crippen molar-refractivity contribution in [2.75, 3.05) is 5.43 Å². The number of fused-ring (bicyclic) bond motifs is 2. The highest BCUT2D eigenvalue weighted by Crippen LogP contribution is 2.44. The molecule has 2 atom stereocenters. The van der Waals surface area contributed by atoms with E-state index in [0.29, 0.717) is 16.9 Å². The predicted octanol–water partition coefficient (Wildman–Crippen LogP) is 5.62. The number of nitrogens with zero attached hydrogens (tertiary/aromatic N) is 2. The summed E-state index contributed by atoms with van der Waals surface area (Å²) in [4.78, 5) is 12.8. The molecule has 2 fully saturated rings. The highest BCUT2D eigenvalue weighted by atomic mass is 35.5. The van der Waals surface area contributed by atoms with Gasteiger partial charge in [-0.2, -0.15) is 0 Å². The molecule has 2 aliphatic carbocycles. The van der Waals surface area contributed by atoms with Gasteiger partial charge in [0.15, 0.2) is 11.0 Å². The number of aromatic nitrogens is 2. The van der Waals surface area contributed by atoms with Gasteiger partial charge in [-0.3, -0.25) is 15.6 Å². The van der Waals surface area contributed by atoms with E-state index in [1.54, 1.807) is 0 Å². The van der Waals surface area contributed by atoms with Crippen LogP contribution in [0, 0.1) is 11.8 Å². The van der Waals surface area contributed by atoms with Crippen molar-refractivity contribution in [3.05, 3.63) is 52.7 Å². The van der Waals surface area contributed by atoms with Gasteiger partial charge in [0.25, 0.3) is 0 Å². The second kappa shape index (κ2) is 8.93. The minimum atomic E-state index is -0.671. The summed E-state index contributed by atoms with van der Waals surface area (Å²) in [6.45, 7) is 3.81. The summed E-state index contributed by atoms with van der Waals surface area (Å²) in [5, 5.41) is 8.78. The molecule has 0 radical (unpaired) electrons. The first-order valence-corrected chi connectivity index (χ1v) is 11.5. The molecule has 2 aliphatic rings. The molecule has 160 valence electrons. The lowest BCUT2D eigenvalue weighted by Gasteiger charge is -2.25. The van der Waals surface area contributed by atoms with E-state index in [0.717, 1.165) is 35.8 Å². The third-order valence-electron chi connectivity index (χ3n) is 7.08. The Hall–Kier alpha value is -2.14. The van der Waals surface area contributed by atoms with Gasteiger partial charge in [-0.05, 0) is 80.9 Å². The Morgan fingerprint density at radius 2 is 1.63 bits per heavy atom. The average Bonchev–Trinajstić information content (AvgIpc) is 3.23. The molecule has 5 nitrogen and oxygen atoms in total. The summed E-state index contributed by atoms with van der Waals surface area (Å²) in [6, 6.07) is 11.7. The number of hydrazine groups is 1. The van der Waals surface area contributed by atoms with Crippen LogP contribution in [0.5, 0.6) is 0 Å². The van der Waals surface area contributed by atoms with Crippen molar-refractivity contribution >= 4 is 23.3 Å². The van der Waals surface area contributed by atoms with Gasteiger partial charge in [0.2, 0.25) is 5.91 Å². The van der Waals surface area contributed by atoms with Crippen molar-refractivity contribution in [1.29, 1.82) is 0 Å². The van der Waals surface area contributed by atoms with Gasteiger partial charge in [0, 0.05) is 0 Å². The lowest BCUT2D eigenvalue weighted by Crippen LogP contribution is -2.43. The van der Waals surface area contributed by atoms with E-state index in [9.17, 15) is 4.79 Å². The Labute approximate surface area is 184 Å². The first-order chi connectivity index (χ1) is 14.4. The van der Waals surface area contributed by atoms with E-state index >= 15 is 0 Å². The molecule has 1 aromatic heterocycles. The van der Waals surface area contributed by atoms with E-state index in [4.69, 9.17) is 11.6 Å². The molecule has 0 saturated heterocycles. The minimum Gasteiger partial charge on any atom is -0.280 e. The summed E-state index contributed by atoms with van der Waals surface area (Å²) in [7, 11) is 0. The Balaban J connectivity index is 1.43. The lowest BCUT2D eigenvalue weighted by molar-refractivity contribution is -0.125. The fraction of sp³-hybridized carbons (Fsp3) is 0.542. The molecule has 6 heteroatoms. The molecule has 2 N–H and O–H groups in total. The van der Waals surface area contributed by atoms with Crippen LogP contribution in [0.25, 0.3) is 0 Å². The van der Waals surface area contributed by atoms with Crippen molar-refractivity contribution in [2.24, 2.45) is 11.8 Å². The van der Waals surface area contributed by atoms with Crippen molar-refractivity contribution in [3.8, 4) is 0 Å². The summed E-state index contributed by atoms with van der Waals surface area (Å²) in [5.41, 5.74) is 7.08. The summed E-state index contributed by atoms with van der Waals surface area (Å²) in [6.07, 6.45) is 9.01. The molecule has 1 aromatic carbocycles.